The van der Waals surface area contributed by atoms with Gasteiger partial charge in [0.05, 0.1) is 11.6 Å². The number of benzene rings is 1. The molecule has 1 fully saturated rings. The minimum atomic E-state index is -3.84. The number of amides is 1. The molecule has 0 saturated carbocycles. The summed E-state index contributed by atoms with van der Waals surface area (Å²) in [5.74, 6) is -0.527. The van der Waals surface area contributed by atoms with Gasteiger partial charge in [0.25, 0.3) is 0 Å². The Balaban J connectivity index is 2.33. The molecule has 1 amide bonds. The molecule has 1 aromatic carbocycles. The van der Waals surface area contributed by atoms with E-state index in [1.54, 1.807) is 12.1 Å². The lowest BCUT2D eigenvalue weighted by Crippen LogP contribution is -2.45. The molecule has 0 spiro atoms. The first kappa shape index (κ1) is 15.6. The smallest absolute Gasteiger partial charge is 0.240 e. The first-order chi connectivity index (χ1) is 9.70. The van der Waals surface area contributed by atoms with Crippen molar-refractivity contribution in [3.63, 3.8) is 0 Å². The minimum Gasteiger partial charge on any atom is -0.398 e. The van der Waals surface area contributed by atoms with Gasteiger partial charge < -0.3 is 16.4 Å². The van der Waals surface area contributed by atoms with Crippen molar-refractivity contribution in [3.8, 4) is 0 Å². The molecule has 0 bridgehead atoms. The molecule has 2 unspecified atom stereocenters. The molecule has 2 rings (SSSR count). The molecule has 2 atom stereocenters. The Labute approximate surface area is 124 Å². The molecule has 116 valence electrons. The molecule has 0 radical (unpaired) electrons. The average Bonchev–Trinajstić information content (AvgIpc) is 2.37. The quantitative estimate of drug-likeness (QED) is 0.676. The second kappa shape index (κ2) is 5.53. The van der Waals surface area contributed by atoms with Gasteiger partial charge in [-0.2, -0.15) is 0 Å². The van der Waals surface area contributed by atoms with Gasteiger partial charge in [-0.3, -0.25) is 4.79 Å². The zero-order valence-corrected chi connectivity index (χ0v) is 12.6. The Morgan fingerprint density at radius 3 is 2.52 bits per heavy atom. The van der Waals surface area contributed by atoms with Gasteiger partial charge in [0, 0.05) is 18.3 Å². The summed E-state index contributed by atoms with van der Waals surface area (Å²) in [5, 5.41) is 5.09. The van der Waals surface area contributed by atoms with Gasteiger partial charge in [0.1, 0.15) is 4.90 Å². The molecular formula is C13H20N4O3S. The summed E-state index contributed by atoms with van der Waals surface area (Å²) >= 11 is 0. The lowest BCUT2D eigenvalue weighted by Gasteiger charge is -2.38. The second-order valence-corrected chi connectivity index (χ2v) is 6.98. The van der Waals surface area contributed by atoms with Crippen LogP contribution in [0.25, 0.3) is 0 Å². The predicted molar refractivity (Wildman–Crippen MR) is 81.0 cm³/mol. The maximum atomic E-state index is 11.4. The van der Waals surface area contributed by atoms with Gasteiger partial charge in [-0.25, -0.2) is 13.6 Å². The van der Waals surface area contributed by atoms with Gasteiger partial charge in [-0.05, 0) is 38.0 Å². The molecule has 1 saturated heterocycles. The predicted octanol–water partition coefficient (Wildman–Crippen LogP) is 0.00640. The van der Waals surface area contributed by atoms with Crippen LogP contribution >= 0.6 is 0 Å². The van der Waals surface area contributed by atoms with E-state index in [4.69, 9.17) is 16.6 Å². The summed E-state index contributed by atoms with van der Waals surface area (Å²) in [7, 11) is -3.84. The normalized spacial score (nSPS) is 23.0. The number of hydrogen-bond acceptors (Lipinski definition) is 5. The SMILES string of the molecule is CC1CCC(C(N)=O)CN1c1ccc(S(N)(=O)=O)c(N)c1. The zero-order valence-electron chi connectivity index (χ0n) is 11.8. The van der Waals surface area contributed by atoms with Crippen LogP contribution < -0.4 is 21.5 Å². The van der Waals surface area contributed by atoms with Crippen LogP contribution in [0.4, 0.5) is 11.4 Å². The summed E-state index contributed by atoms with van der Waals surface area (Å²) in [6.07, 6.45) is 1.60. The fourth-order valence-corrected chi connectivity index (χ4v) is 3.32. The molecule has 1 aliphatic rings. The van der Waals surface area contributed by atoms with Crippen molar-refractivity contribution in [1.29, 1.82) is 0 Å². The molecule has 8 heteroatoms. The Morgan fingerprint density at radius 1 is 1.33 bits per heavy atom. The Hall–Kier alpha value is -1.80. The third-order valence-corrected chi connectivity index (χ3v) is 4.90. The van der Waals surface area contributed by atoms with Crippen molar-refractivity contribution in [1.82, 2.24) is 0 Å². The zero-order chi connectivity index (χ0) is 15.8. The van der Waals surface area contributed by atoms with E-state index >= 15 is 0 Å². The van der Waals surface area contributed by atoms with Gasteiger partial charge >= 0.3 is 0 Å². The highest BCUT2D eigenvalue weighted by Crippen LogP contribution is 2.30. The Morgan fingerprint density at radius 2 is 2.00 bits per heavy atom. The van der Waals surface area contributed by atoms with Crippen LogP contribution in [0, 0.1) is 5.92 Å². The fourth-order valence-electron chi connectivity index (χ4n) is 2.67. The first-order valence-electron chi connectivity index (χ1n) is 6.68. The molecular weight excluding hydrogens is 292 g/mol. The number of carbonyl (C=O) groups excluding carboxylic acids is 1. The van der Waals surface area contributed by atoms with Crippen molar-refractivity contribution in [3.05, 3.63) is 18.2 Å². The van der Waals surface area contributed by atoms with Gasteiger partial charge in [0.15, 0.2) is 0 Å². The minimum absolute atomic E-state index is 0.0950. The summed E-state index contributed by atoms with van der Waals surface area (Å²) in [4.78, 5) is 13.3. The van der Waals surface area contributed by atoms with E-state index in [2.05, 4.69) is 0 Å². The highest BCUT2D eigenvalue weighted by molar-refractivity contribution is 7.89. The fraction of sp³-hybridized carbons (Fsp3) is 0.462. The van der Waals surface area contributed by atoms with E-state index in [1.165, 1.54) is 6.07 Å². The molecule has 6 N–H and O–H groups in total. The Kier molecular flexibility index (Phi) is 4.11. The van der Waals surface area contributed by atoms with Crippen LogP contribution in [0.5, 0.6) is 0 Å². The van der Waals surface area contributed by atoms with Crippen LogP contribution in [-0.2, 0) is 14.8 Å². The number of nitrogens with zero attached hydrogens (tertiary/aromatic N) is 1. The number of nitrogen functional groups attached to an aromatic ring is 1. The summed E-state index contributed by atoms with van der Waals surface area (Å²) in [6, 6.07) is 4.83. The van der Waals surface area contributed by atoms with Crippen LogP contribution in [0.3, 0.4) is 0 Å². The van der Waals surface area contributed by atoms with Crippen molar-refractivity contribution < 1.29 is 13.2 Å². The van der Waals surface area contributed by atoms with E-state index in [-0.39, 0.29) is 28.4 Å². The number of sulfonamides is 1. The van der Waals surface area contributed by atoms with Gasteiger partial charge in [-0.15, -0.1) is 0 Å². The van der Waals surface area contributed by atoms with E-state index < -0.39 is 10.0 Å². The highest BCUT2D eigenvalue weighted by atomic mass is 32.2. The number of piperidine rings is 1. The van der Waals surface area contributed by atoms with Gasteiger partial charge in [0.2, 0.25) is 15.9 Å². The molecule has 1 heterocycles. The number of hydrogen-bond donors (Lipinski definition) is 3. The summed E-state index contributed by atoms with van der Waals surface area (Å²) < 4.78 is 22.7. The molecule has 0 aromatic heterocycles. The van der Waals surface area contributed by atoms with Crippen LogP contribution in [-0.4, -0.2) is 26.9 Å². The van der Waals surface area contributed by atoms with Crippen LogP contribution in [0.1, 0.15) is 19.8 Å². The van der Waals surface area contributed by atoms with Crippen molar-refractivity contribution >= 4 is 27.3 Å². The van der Waals surface area contributed by atoms with E-state index in [9.17, 15) is 13.2 Å². The van der Waals surface area contributed by atoms with E-state index in [0.717, 1.165) is 18.5 Å². The third kappa shape index (κ3) is 3.27. The lowest BCUT2D eigenvalue weighted by atomic mass is 9.92. The summed E-state index contributed by atoms with van der Waals surface area (Å²) in [5.41, 5.74) is 12.0. The lowest BCUT2D eigenvalue weighted by molar-refractivity contribution is -0.122. The molecule has 21 heavy (non-hydrogen) atoms. The number of anilines is 2. The van der Waals surface area contributed by atoms with Crippen LogP contribution in [0.2, 0.25) is 0 Å². The first-order valence-corrected chi connectivity index (χ1v) is 8.23. The topological polar surface area (TPSA) is 133 Å². The number of primary sulfonamides is 1. The standard InChI is InChI=1S/C13H20N4O3S/c1-8-2-3-9(13(15)18)7-17(8)10-4-5-12(11(14)6-10)21(16,19)20/h4-6,8-9H,2-3,7,14H2,1H3,(H2,15,18)(H2,16,19,20). The number of nitrogens with two attached hydrogens (primary N) is 3. The van der Waals surface area contributed by atoms with Crippen molar-refractivity contribution in [2.24, 2.45) is 16.8 Å². The number of rotatable bonds is 3. The molecule has 7 nitrogen and oxygen atoms in total. The molecule has 1 aliphatic heterocycles. The average molecular weight is 312 g/mol. The van der Waals surface area contributed by atoms with E-state index in [1.807, 2.05) is 11.8 Å². The Bertz CT molecular complexity index is 659. The van der Waals surface area contributed by atoms with Crippen LogP contribution in [0.15, 0.2) is 23.1 Å². The molecule has 1 aromatic rings. The third-order valence-electron chi connectivity index (χ3n) is 3.92. The number of carbonyl (C=O) groups is 1. The summed E-state index contributed by atoms with van der Waals surface area (Å²) in [6.45, 7) is 2.55. The monoisotopic (exact) mass is 312 g/mol. The molecule has 0 aliphatic carbocycles. The van der Waals surface area contributed by atoms with Gasteiger partial charge in [-0.1, -0.05) is 0 Å². The van der Waals surface area contributed by atoms with E-state index in [0.29, 0.717) is 6.54 Å². The largest absolute Gasteiger partial charge is 0.398 e. The van der Waals surface area contributed by atoms with Crippen molar-refractivity contribution in [2.45, 2.75) is 30.7 Å². The number of primary amides is 1. The highest BCUT2D eigenvalue weighted by Gasteiger charge is 2.29. The van der Waals surface area contributed by atoms with Crippen molar-refractivity contribution in [2.75, 3.05) is 17.2 Å². The second-order valence-electron chi connectivity index (χ2n) is 5.45. The maximum Gasteiger partial charge on any atom is 0.240 e. The maximum absolute atomic E-state index is 11.4.